The normalized spacial score (nSPS) is 20.2. The van der Waals surface area contributed by atoms with Gasteiger partial charge < -0.3 is 28.7 Å². The lowest BCUT2D eigenvalue weighted by atomic mass is 9.96. The van der Waals surface area contributed by atoms with E-state index in [9.17, 15) is 18.4 Å². The molecule has 0 aliphatic carbocycles. The van der Waals surface area contributed by atoms with E-state index < -0.39 is 11.4 Å². The van der Waals surface area contributed by atoms with Crippen molar-refractivity contribution in [3.05, 3.63) is 60.2 Å². The monoisotopic (exact) mass is 504 g/mol. The lowest BCUT2D eigenvalue weighted by Crippen LogP contribution is -2.59. The lowest BCUT2D eigenvalue weighted by molar-refractivity contribution is -0.167. The first-order valence-corrected chi connectivity index (χ1v) is 12.0. The van der Waals surface area contributed by atoms with Gasteiger partial charge in [0.05, 0.1) is 45.8 Å². The number of hydrogen-bond donors (Lipinski definition) is 0. The molecule has 0 aromatic heterocycles. The molecule has 2 fully saturated rings. The van der Waals surface area contributed by atoms with Gasteiger partial charge in [-0.05, 0) is 36.4 Å². The second-order valence-electron chi connectivity index (χ2n) is 8.82. The summed E-state index contributed by atoms with van der Waals surface area (Å²) in [4.78, 5) is 29.4. The summed E-state index contributed by atoms with van der Waals surface area (Å²) in [7, 11) is 0. The Morgan fingerprint density at radius 1 is 0.861 bits per heavy atom. The smallest absolute Gasteiger partial charge is 0.226 e. The molecule has 2 saturated heterocycles. The fourth-order valence-corrected chi connectivity index (χ4v) is 4.22. The minimum absolute atomic E-state index is 0.0122. The third-order valence-electron chi connectivity index (χ3n) is 6.13. The van der Waals surface area contributed by atoms with E-state index >= 15 is 0 Å². The number of nitrogens with zero attached hydrogens (tertiary/aromatic N) is 2. The summed E-state index contributed by atoms with van der Waals surface area (Å²) < 4.78 is 49.5. The highest BCUT2D eigenvalue weighted by Gasteiger charge is 2.42. The van der Waals surface area contributed by atoms with Crippen LogP contribution in [0.2, 0.25) is 0 Å². The number of amides is 2. The molecule has 0 spiro atoms. The van der Waals surface area contributed by atoms with Crippen LogP contribution in [0.15, 0.2) is 48.5 Å². The van der Waals surface area contributed by atoms with Crippen LogP contribution < -0.4 is 9.47 Å². The average molecular weight is 505 g/mol. The fraction of sp³-hybridized carbons (Fsp3) is 0.462. The Kier molecular flexibility index (Phi) is 8.71. The largest absolute Gasteiger partial charge is 0.493 e. The highest BCUT2D eigenvalue weighted by molar-refractivity contribution is 5.79. The van der Waals surface area contributed by atoms with E-state index in [2.05, 4.69) is 0 Å². The molecule has 2 heterocycles. The zero-order valence-corrected chi connectivity index (χ0v) is 20.0. The first-order valence-electron chi connectivity index (χ1n) is 12.0. The minimum Gasteiger partial charge on any atom is -0.493 e. The molecular weight excluding hydrogens is 474 g/mol. The molecule has 10 heteroatoms. The van der Waals surface area contributed by atoms with E-state index in [0.717, 1.165) is 0 Å². The SMILES string of the molecule is O=C(CC1(COc2ccc(F)cc2)CN(C(=O)CCOc2cccc(F)c2)CCO1)N1CCOCC1. The van der Waals surface area contributed by atoms with Crippen LogP contribution in [0.1, 0.15) is 12.8 Å². The van der Waals surface area contributed by atoms with Crippen molar-refractivity contribution < 1.29 is 37.3 Å². The Morgan fingerprint density at radius 2 is 1.61 bits per heavy atom. The molecule has 2 aliphatic heterocycles. The van der Waals surface area contributed by atoms with Crippen LogP contribution in [-0.4, -0.2) is 86.4 Å². The van der Waals surface area contributed by atoms with Crippen molar-refractivity contribution in [2.24, 2.45) is 0 Å². The molecule has 0 radical (unpaired) electrons. The van der Waals surface area contributed by atoms with Gasteiger partial charge >= 0.3 is 0 Å². The first-order chi connectivity index (χ1) is 17.4. The lowest BCUT2D eigenvalue weighted by Gasteiger charge is -2.43. The van der Waals surface area contributed by atoms with Gasteiger partial charge in [-0.1, -0.05) is 6.07 Å². The number of hydrogen-bond acceptors (Lipinski definition) is 6. The van der Waals surface area contributed by atoms with Crippen LogP contribution in [0.4, 0.5) is 8.78 Å². The molecule has 2 amide bonds. The number of morpholine rings is 2. The average Bonchev–Trinajstić information content (AvgIpc) is 2.89. The highest BCUT2D eigenvalue weighted by Crippen LogP contribution is 2.26. The first kappa shape index (κ1) is 25.8. The van der Waals surface area contributed by atoms with Gasteiger partial charge in [-0.15, -0.1) is 0 Å². The van der Waals surface area contributed by atoms with E-state index in [1.165, 1.54) is 42.5 Å². The Labute approximate surface area is 208 Å². The number of ether oxygens (including phenoxy) is 4. The molecule has 2 aromatic carbocycles. The highest BCUT2D eigenvalue weighted by atomic mass is 19.1. The topological polar surface area (TPSA) is 77.5 Å². The van der Waals surface area contributed by atoms with E-state index in [4.69, 9.17) is 18.9 Å². The molecule has 0 saturated carbocycles. The summed E-state index contributed by atoms with van der Waals surface area (Å²) >= 11 is 0. The Bertz CT molecular complexity index is 1030. The van der Waals surface area contributed by atoms with Crippen molar-refractivity contribution in [2.45, 2.75) is 18.4 Å². The molecule has 2 aliphatic rings. The summed E-state index contributed by atoms with van der Waals surface area (Å²) in [6.45, 7) is 2.79. The zero-order chi connectivity index (χ0) is 25.4. The van der Waals surface area contributed by atoms with Gasteiger partial charge in [-0.25, -0.2) is 8.78 Å². The molecule has 2 aromatic rings. The van der Waals surface area contributed by atoms with Crippen molar-refractivity contribution in [1.29, 1.82) is 0 Å². The Balaban J connectivity index is 1.40. The van der Waals surface area contributed by atoms with Crippen LogP contribution in [0.25, 0.3) is 0 Å². The second kappa shape index (κ2) is 12.1. The van der Waals surface area contributed by atoms with Gasteiger partial charge in [-0.3, -0.25) is 9.59 Å². The number of rotatable bonds is 9. The maximum atomic E-state index is 13.3. The van der Waals surface area contributed by atoms with E-state index in [1.54, 1.807) is 15.9 Å². The number of carbonyl (C=O) groups excluding carboxylic acids is 2. The van der Waals surface area contributed by atoms with Gasteiger partial charge in [0.2, 0.25) is 11.8 Å². The predicted molar refractivity (Wildman–Crippen MR) is 126 cm³/mol. The summed E-state index contributed by atoms with van der Waals surface area (Å²) in [6, 6.07) is 11.3. The van der Waals surface area contributed by atoms with Crippen LogP contribution in [0.5, 0.6) is 11.5 Å². The summed E-state index contributed by atoms with van der Waals surface area (Å²) in [6.07, 6.45) is 0.112. The predicted octanol–water partition coefficient (Wildman–Crippen LogP) is 2.66. The van der Waals surface area contributed by atoms with Crippen LogP contribution in [-0.2, 0) is 19.1 Å². The van der Waals surface area contributed by atoms with Crippen LogP contribution in [0.3, 0.4) is 0 Å². The van der Waals surface area contributed by atoms with Crippen molar-refractivity contribution in [3.8, 4) is 11.5 Å². The summed E-state index contributed by atoms with van der Waals surface area (Å²) in [5.74, 6) is -0.286. The van der Waals surface area contributed by atoms with Gasteiger partial charge in [0, 0.05) is 25.7 Å². The van der Waals surface area contributed by atoms with Crippen molar-refractivity contribution in [1.82, 2.24) is 9.80 Å². The second-order valence-corrected chi connectivity index (χ2v) is 8.82. The van der Waals surface area contributed by atoms with Crippen LogP contribution >= 0.6 is 0 Å². The van der Waals surface area contributed by atoms with E-state index in [1.807, 2.05) is 0 Å². The molecule has 4 rings (SSSR count). The van der Waals surface area contributed by atoms with E-state index in [-0.39, 0.29) is 56.8 Å². The molecular formula is C26H30F2N2O6. The Hall–Kier alpha value is -3.24. The molecule has 1 unspecified atom stereocenters. The summed E-state index contributed by atoms with van der Waals surface area (Å²) in [5, 5.41) is 0. The number of halogens is 2. The number of benzene rings is 2. The molecule has 8 nitrogen and oxygen atoms in total. The van der Waals surface area contributed by atoms with Gasteiger partial charge in [0.15, 0.2) is 0 Å². The molecule has 0 N–H and O–H groups in total. The Morgan fingerprint density at radius 3 is 2.36 bits per heavy atom. The standard InChI is InChI=1S/C26H30F2N2O6/c27-20-4-6-22(7-5-20)35-19-26(17-25(32)29-9-13-33-14-10-29)18-30(11-15-36-26)24(31)8-12-34-23-3-1-2-21(28)16-23/h1-7,16H,8-15,17-19H2. The third-order valence-corrected chi connectivity index (χ3v) is 6.13. The third kappa shape index (κ3) is 7.14. The van der Waals surface area contributed by atoms with Gasteiger partial charge in [0.25, 0.3) is 0 Å². The zero-order valence-electron chi connectivity index (χ0n) is 20.0. The van der Waals surface area contributed by atoms with Crippen molar-refractivity contribution in [2.75, 3.05) is 59.2 Å². The maximum absolute atomic E-state index is 13.3. The van der Waals surface area contributed by atoms with Gasteiger partial charge in [-0.2, -0.15) is 0 Å². The van der Waals surface area contributed by atoms with Gasteiger partial charge in [0.1, 0.15) is 35.3 Å². The molecule has 0 bridgehead atoms. The van der Waals surface area contributed by atoms with Crippen molar-refractivity contribution >= 4 is 11.8 Å². The molecule has 1 atom stereocenters. The summed E-state index contributed by atoms with van der Waals surface area (Å²) in [5.41, 5.74) is -1.07. The quantitative estimate of drug-likeness (QED) is 0.523. The van der Waals surface area contributed by atoms with Crippen molar-refractivity contribution in [3.63, 3.8) is 0 Å². The fourth-order valence-electron chi connectivity index (χ4n) is 4.22. The van der Waals surface area contributed by atoms with E-state index in [0.29, 0.717) is 44.3 Å². The maximum Gasteiger partial charge on any atom is 0.226 e. The minimum atomic E-state index is -1.07. The molecule has 194 valence electrons. The number of carbonyl (C=O) groups is 2. The van der Waals surface area contributed by atoms with Crippen LogP contribution in [0, 0.1) is 11.6 Å². The molecule has 36 heavy (non-hydrogen) atoms.